The first-order valence-electron chi connectivity index (χ1n) is 5.86. The Morgan fingerprint density at radius 3 is 2.47 bits per heavy atom. The van der Waals surface area contributed by atoms with Gasteiger partial charge in [-0.2, -0.15) is 0 Å². The Kier molecular flexibility index (Phi) is 6.57. The molecule has 0 aliphatic carbocycles. The van der Waals surface area contributed by atoms with Crippen molar-refractivity contribution in [3.63, 3.8) is 0 Å². The Hall–Kier alpha value is -0.570. The highest BCUT2D eigenvalue weighted by Crippen LogP contribution is 2.09. The number of esters is 1. The van der Waals surface area contributed by atoms with Crippen LogP contribution in [0.15, 0.2) is 0 Å². The zero-order valence-electron chi connectivity index (χ0n) is 10.7. The van der Waals surface area contributed by atoms with Crippen LogP contribution in [0.25, 0.3) is 0 Å². The first-order valence-corrected chi connectivity index (χ1v) is 5.86. The summed E-state index contributed by atoms with van der Waals surface area (Å²) in [5.74, 6) is 0.295. The zero-order chi connectivity index (χ0) is 11.9. The van der Waals surface area contributed by atoms with Crippen molar-refractivity contribution >= 4 is 5.97 Å². The van der Waals surface area contributed by atoms with Crippen LogP contribution in [0.3, 0.4) is 0 Å². The Balaban J connectivity index is 3.92. The molecule has 0 aliphatic rings. The molecule has 0 aromatic carbocycles. The average Bonchev–Trinajstić information content (AvgIpc) is 2.14. The van der Waals surface area contributed by atoms with Crippen molar-refractivity contribution in [2.75, 3.05) is 13.2 Å². The van der Waals surface area contributed by atoms with Gasteiger partial charge in [-0.3, -0.25) is 4.79 Å². The SMILES string of the molecule is CCCC(C)COC(=O)C(C)(C)NCC. The quantitative estimate of drug-likeness (QED) is 0.662. The van der Waals surface area contributed by atoms with Crippen LogP contribution in [0, 0.1) is 5.92 Å². The Morgan fingerprint density at radius 2 is 2.00 bits per heavy atom. The topological polar surface area (TPSA) is 38.3 Å². The molecular formula is C12H25NO2. The lowest BCUT2D eigenvalue weighted by Gasteiger charge is -2.24. The monoisotopic (exact) mass is 215 g/mol. The van der Waals surface area contributed by atoms with Gasteiger partial charge in [0.2, 0.25) is 0 Å². The van der Waals surface area contributed by atoms with Gasteiger partial charge in [0.15, 0.2) is 0 Å². The minimum Gasteiger partial charge on any atom is -0.464 e. The largest absolute Gasteiger partial charge is 0.464 e. The van der Waals surface area contributed by atoms with Gasteiger partial charge < -0.3 is 10.1 Å². The molecule has 15 heavy (non-hydrogen) atoms. The normalized spacial score (nSPS) is 13.7. The van der Waals surface area contributed by atoms with Crippen molar-refractivity contribution < 1.29 is 9.53 Å². The van der Waals surface area contributed by atoms with E-state index in [-0.39, 0.29) is 5.97 Å². The van der Waals surface area contributed by atoms with Crippen LogP contribution in [-0.4, -0.2) is 24.7 Å². The van der Waals surface area contributed by atoms with Crippen molar-refractivity contribution in [2.24, 2.45) is 5.92 Å². The molecule has 0 radical (unpaired) electrons. The number of rotatable bonds is 7. The second-order valence-corrected chi connectivity index (χ2v) is 4.65. The van der Waals surface area contributed by atoms with E-state index >= 15 is 0 Å². The average molecular weight is 215 g/mol. The van der Waals surface area contributed by atoms with Gasteiger partial charge in [-0.25, -0.2) is 0 Å². The molecule has 1 N–H and O–H groups in total. The summed E-state index contributed by atoms with van der Waals surface area (Å²) in [5.41, 5.74) is -0.569. The van der Waals surface area contributed by atoms with Crippen LogP contribution >= 0.6 is 0 Å². The lowest BCUT2D eigenvalue weighted by molar-refractivity contribution is -0.151. The second kappa shape index (κ2) is 6.83. The summed E-state index contributed by atoms with van der Waals surface area (Å²) < 4.78 is 5.27. The summed E-state index contributed by atoms with van der Waals surface area (Å²) in [6.45, 7) is 11.2. The molecule has 0 rings (SSSR count). The van der Waals surface area contributed by atoms with Gasteiger partial charge >= 0.3 is 5.97 Å². The standard InChI is InChI=1S/C12H25NO2/c1-6-8-10(3)9-15-11(14)12(4,5)13-7-2/h10,13H,6-9H2,1-5H3. The van der Waals surface area contributed by atoms with Gasteiger partial charge in [-0.1, -0.05) is 27.2 Å². The molecule has 0 saturated heterocycles. The van der Waals surface area contributed by atoms with Crippen molar-refractivity contribution in [1.82, 2.24) is 5.32 Å². The second-order valence-electron chi connectivity index (χ2n) is 4.65. The van der Waals surface area contributed by atoms with Crippen LogP contribution in [0.4, 0.5) is 0 Å². The van der Waals surface area contributed by atoms with Gasteiger partial charge in [0, 0.05) is 0 Å². The van der Waals surface area contributed by atoms with Crippen molar-refractivity contribution in [2.45, 2.75) is 53.0 Å². The van der Waals surface area contributed by atoms with Crippen molar-refractivity contribution in [3.8, 4) is 0 Å². The third kappa shape index (κ3) is 5.78. The van der Waals surface area contributed by atoms with Crippen LogP contribution in [0.5, 0.6) is 0 Å². The highest BCUT2D eigenvalue weighted by Gasteiger charge is 2.28. The van der Waals surface area contributed by atoms with E-state index in [2.05, 4.69) is 19.2 Å². The number of nitrogens with one attached hydrogen (secondary N) is 1. The summed E-state index contributed by atoms with van der Waals surface area (Å²) in [6, 6.07) is 0. The molecule has 0 heterocycles. The summed E-state index contributed by atoms with van der Waals surface area (Å²) in [4.78, 5) is 11.7. The molecule has 1 unspecified atom stereocenters. The van der Waals surface area contributed by atoms with Gasteiger partial charge in [-0.15, -0.1) is 0 Å². The maximum atomic E-state index is 11.7. The van der Waals surface area contributed by atoms with Gasteiger partial charge in [-0.05, 0) is 32.7 Å². The van der Waals surface area contributed by atoms with E-state index in [0.717, 1.165) is 19.4 Å². The predicted octanol–water partition coefficient (Wildman–Crippen LogP) is 2.35. The highest BCUT2D eigenvalue weighted by molar-refractivity contribution is 5.79. The zero-order valence-corrected chi connectivity index (χ0v) is 10.7. The van der Waals surface area contributed by atoms with Crippen molar-refractivity contribution in [1.29, 1.82) is 0 Å². The van der Waals surface area contributed by atoms with E-state index < -0.39 is 5.54 Å². The van der Waals surface area contributed by atoms with E-state index in [1.54, 1.807) is 0 Å². The molecule has 0 bridgehead atoms. The highest BCUT2D eigenvalue weighted by atomic mass is 16.5. The number of hydrogen-bond donors (Lipinski definition) is 1. The van der Waals surface area contributed by atoms with Crippen LogP contribution in [0.2, 0.25) is 0 Å². The summed E-state index contributed by atoms with van der Waals surface area (Å²) in [6.07, 6.45) is 2.24. The smallest absolute Gasteiger partial charge is 0.325 e. The lowest BCUT2D eigenvalue weighted by atomic mass is 10.1. The van der Waals surface area contributed by atoms with Crippen LogP contribution in [0.1, 0.15) is 47.5 Å². The first kappa shape index (κ1) is 14.4. The minimum absolute atomic E-state index is 0.160. The van der Waals surface area contributed by atoms with Crippen LogP contribution < -0.4 is 5.32 Å². The number of hydrogen-bond acceptors (Lipinski definition) is 3. The molecule has 0 aliphatic heterocycles. The minimum atomic E-state index is -0.569. The summed E-state index contributed by atoms with van der Waals surface area (Å²) in [7, 11) is 0. The molecule has 0 aromatic heterocycles. The molecule has 90 valence electrons. The molecule has 0 spiro atoms. The predicted molar refractivity (Wildman–Crippen MR) is 62.8 cm³/mol. The molecule has 3 heteroatoms. The first-order chi connectivity index (χ1) is 6.94. The molecule has 3 nitrogen and oxygen atoms in total. The maximum Gasteiger partial charge on any atom is 0.325 e. The third-order valence-corrected chi connectivity index (χ3v) is 2.41. The molecule has 1 atom stereocenters. The molecular weight excluding hydrogens is 190 g/mol. The number of ether oxygens (including phenoxy) is 1. The van der Waals surface area contributed by atoms with E-state index in [1.807, 2.05) is 20.8 Å². The Bertz CT molecular complexity index is 190. The summed E-state index contributed by atoms with van der Waals surface area (Å²) >= 11 is 0. The van der Waals surface area contributed by atoms with Gasteiger partial charge in [0.05, 0.1) is 6.61 Å². The van der Waals surface area contributed by atoms with E-state index in [1.165, 1.54) is 0 Å². The summed E-state index contributed by atoms with van der Waals surface area (Å²) in [5, 5.41) is 3.10. The molecule has 0 aromatic rings. The van der Waals surface area contributed by atoms with Gasteiger partial charge in [0.25, 0.3) is 0 Å². The molecule has 0 saturated carbocycles. The van der Waals surface area contributed by atoms with E-state index in [0.29, 0.717) is 12.5 Å². The molecule has 0 amide bonds. The number of carbonyl (C=O) groups excluding carboxylic acids is 1. The fourth-order valence-corrected chi connectivity index (χ4v) is 1.49. The fraction of sp³-hybridized carbons (Fsp3) is 0.917. The van der Waals surface area contributed by atoms with Crippen LogP contribution in [-0.2, 0) is 9.53 Å². The maximum absolute atomic E-state index is 11.7. The third-order valence-electron chi connectivity index (χ3n) is 2.41. The van der Waals surface area contributed by atoms with Gasteiger partial charge in [0.1, 0.15) is 5.54 Å². The fourth-order valence-electron chi connectivity index (χ4n) is 1.49. The number of carbonyl (C=O) groups is 1. The molecule has 0 fully saturated rings. The van der Waals surface area contributed by atoms with E-state index in [9.17, 15) is 4.79 Å². The van der Waals surface area contributed by atoms with E-state index in [4.69, 9.17) is 4.74 Å². The lowest BCUT2D eigenvalue weighted by Crippen LogP contribution is -2.47. The Morgan fingerprint density at radius 1 is 1.40 bits per heavy atom. The number of likely N-dealkylation sites (N-methyl/N-ethyl adjacent to an activating group) is 1. The van der Waals surface area contributed by atoms with Crippen molar-refractivity contribution in [3.05, 3.63) is 0 Å². The Labute approximate surface area is 93.6 Å².